The maximum atomic E-state index is 11.2. The number of allylic oxidation sites excluding steroid dienone is 1. The maximum Gasteiger partial charge on any atom is 0.335 e. The summed E-state index contributed by atoms with van der Waals surface area (Å²) < 4.78 is 4.81. The molecule has 0 aromatic carbocycles. The van der Waals surface area contributed by atoms with Gasteiger partial charge < -0.3 is 10.5 Å². The van der Waals surface area contributed by atoms with E-state index in [9.17, 15) is 9.59 Å². The van der Waals surface area contributed by atoms with E-state index in [-0.39, 0.29) is 12.0 Å². The lowest BCUT2D eigenvalue weighted by Gasteiger charge is -2.10. The average molecular weight is 212 g/mol. The van der Waals surface area contributed by atoms with E-state index in [1.54, 1.807) is 6.92 Å². The minimum atomic E-state index is -0.616. The molecular weight excluding hydrogens is 196 g/mol. The third kappa shape index (κ3) is 6.45. The van der Waals surface area contributed by atoms with Gasteiger partial charge in [-0.2, -0.15) is 0 Å². The number of rotatable bonds is 6. The molecule has 0 bridgehead atoms. The van der Waals surface area contributed by atoms with Gasteiger partial charge >= 0.3 is 5.97 Å². The van der Waals surface area contributed by atoms with E-state index >= 15 is 0 Å². The third-order valence-electron chi connectivity index (χ3n) is 1.60. The molecule has 0 aliphatic heterocycles. The van der Waals surface area contributed by atoms with E-state index in [1.807, 2.05) is 0 Å². The molecule has 0 fully saturated rings. The SMILES string of the molecule is C=C(CC=CC(N)=O)C(=O)OC(N)CC. The van der Waals surface area contributed by atoms with Crippen LogP contribution in [-0.2, 0) is 14.3 Å². The molecule has 0 aromatic rings. The summed E-state index contributed by atoms with van der Waals surface area (Å²) in [4.78, 5) is 21.6. The molecule has 1 atom stereocenters. The fourth-order valence-electron chi connectivity index (χ4n) is 0.705. The van der Waals surface area contributed by atoms with Gasteiger partial charge in [0, 0.05) is 5.57 Å². The van der Waals surface area contributed by atoms with E-state index in [4.69, 9.17) is 16.2 Å². The van der Waals surface area contributed by atoms with Gasteiger partial charge in [0.05, 0.1) is 0 Å². The second kappa shape index (κ2) is 6.78. The Morgan fingerprint density at radius 3 is 2.60 bits per heavy atom. The zero-order valence-corrected chi connectivity index (χ0v) is 8.73. The summed E-state index contributed by atoms with van der Waals surface area (Å²) in [6.07, 6.45) is 2.75. The van der Waals surface area contributed by atoms with Crippen LogP contribution in [0.25, 0.3) is 0 Å². The van der Waals surface area contributed by atoms with Crippen LogP contribution in [-0.4, -0.2) is 18.1 Å². The number of ether oxygens (including phenoxy) is 1. The number of amides is 1. The van der Waals surface area contributed by atoms with Gasteiger partial charge in [0.25, 0.3) is 0 Å². The first-order valence-corrected chi connectivity index (χ1v) is 4.57. The van der Waals surface area contributed by atoms with Crippen molar-refractivity contribution in [1.29, 1.82) is 0 Å². The molecule has 0 rings (SSSR count). The predicted molar refractivity (Wildman–Crippen MR) is 56.4 cm³/mol. The lowest BCUT2D eigenvalue weighted by atomic mass is 10.2. The Balaban J connectivity index is 4.00. The van der Waals surface area contributed by atoms with Gasteiger partial charge in [0.15, 0.2) is 6.23 Å². The molecule has 4 N–H and O–H groups in total. The normalized spacial score (nSPS) is 12.4. The highest BCUT2D eigenvalue weighted by atomic mass is 16.6. The van der Waals surface area contributed by atoms with Crippen molar-refractivity contribution in [1.82, 2.24) is 0 Å². The molecule has 1 unspecified atom stereocenters. The molecular formula is C10H16N2O3. The molecule has 0 heterocycles. The highest BCUT2D eigenvalue weighted by Crippen LogP contribution is 2.04. The number of carbonyl (C=O) groups excluding carboxylic acids is 2. The van der Waals surface area contributed by atoms with Gasteiger partial charge in [-0.25, -0.2) is 4.79 Å². The monoisotopic (exact) mass is 212 g/mol. The molecule has 0 aliphatic carbocycles. The number of hydrogen-bond donors (Lipinski definition) is 2. The van der Waals surface area contributed by atoms with Crippen LogP contribution in [0.5, 0.6) is 0 Å². The van der Waals surface area contributed by atoms with Crippen LogP contribution in [0.3, 0.4) is 0 Å². The quantitative estimate of drug-likeness (QED) is 0.374. The standard InChI is InChI=1S/C10H16N2O3/c1-3-9(12)15-10(14)7(2)5-4-6-8(11)13/h4,6,9H,2-3,5,12H2,1H3,(H2,11,13). The molecule has 84 valence electrons. The van der Waals surface area contributed by atoms with Crippen molar-refractivity contribution in [3.05, 3.63) is 24.3 Å². The van der Waals surface area contributed by atoms with E-state index < -0.39 is 18.1 Å². The van der Waals surface area contributed by atoms with E-state index in [0.717, 1.165) is 6.08 Å². The molecule has 1 amide bonds. The minimum Gasteiger partial charge on any atom is -0.443 e. The Labute approximate surface area is 88.8 Å². The summed E-state index contributed by atoms with van der Waals surface area (Å²) in [6, 6.07) is 0. The molecule has 15 heavy (non-hydrogen) atoms. The summed E-state index contributed by atoms with van der Waals surface area (Å²) >= 11 is 0. The molecule has 5 heteroatoms. The number of primary amides is 1. The first-order valence-electron chi connectivity index (χ1n) is 4.57. The predicted octanol–water partition coefficient (Wildman–Crippen LogP) is 0.212. The Bertz CT molecular complexity index is 284. The summed E-state index contributed by atoms with van der Waals surface area (Å²) in [6.45, 7) is 5.30. The molecule has 0 radical (unpaired) electrons. The Kier molecular flexibility index (Phi) is 6.05. The maximum absolute atomic E-state index is 11.2. The lowest BCUT2D eigenvalue weighted by Crippen LogP contribution is -2.26. The van der Waals surface area contributed by atoms with Crippen molar-refractivity contribution in [3.63, 3.8) is 0 Å². The van der Waals surface area contributed by atoms with Crippen LogP contribution in [0.2, 0.25) is 0 Å². The van der Waals surface area contributed by atoms with Gasteiger partial charge in [0.1, 0.15) is 0 Å². The van der Waals surface area contributed by atoms with Crippen molar-refractivity contribution in [2.45, 2.75) is 26.0 Å². The summed E-state index contributed by atoms with van der Waals surface area (Å²) in [5.41, 5.74) is 10.5. The molecule has 0 aliphatic rings. The first-order chi connectivity index (χ1) is 6.97. The van der Waals surface area contributed by atoms with Gasteiger partial charge in [-0.1, -0.05) is 19.6 Å². The van der Waals surface area contributed by atoms with Crippen molar-refractivity contribution < 1.29 is 14.3 Å². The van der Waals surface area contributed by atoms with E-state index in [1.165, 1.54) is 6.08 Å². The fraction of sp³-hybridized carbons (Fsp3) is 0.400. The largest absolute Gasteiger partial charge is 0.443 e. The van der Waals surface area contributed by atoms with Crippen LogP contribution < -0.4 is 11.5 Å². The zero-order chi connectivity index (χ0) is 11.8. The lowest BCUT2D eigenvalue weighted by molar-refractivity contribution is -0.144. The van der Waals surface area contributed by atoms with Gasteiger partial charge in [-0.15, -0.1) is 0 Å². The smallest absolute Gasteiger partial charge is 0.335 e. The molecule has 5 nitrogen and oxygen atoms in total. The van der Waals surface area contributed by atoms with Crippen molar-refractivity contribution in [3.8, 4) is 0 Å². The number of hydrogen-bond acceptors (Lipinski definition) is 4. The van der Waals surface area contributed by atoms with Gasteiger partial charge in [-0.3, -0.25) is 10.5 Å². The molecule has 0 spiro atoms. The Hall–Kier alpha value is -1.62. The Morgan fingerprint density at radius 2 is 2.13 bits per heavy atom. The van der Waals surface area contributed by atoms with E-state index in [0.29, 0.717) is 6.42 Å². The summed E-state index contributed by atoms with van der Waals surface area (Å²) in [5, 5.41) is 0. The van der Waals surface area contributed by atoms with Gasteiger partial charge in [-0.05, 0) is 18.9 Å². The summed E-state index contributed by atoms with van der Waals surface area (Å²) in [7, 11) is 0. The van der Waals surface area contributed by atoms with Crippen LogP contribution in [0, 0.1) is 0 Å². The second-order valence-corrected chi connectivity index (χ2v) is 2.96. The van der Waals surface area contributed by atoms with Crippen molar-refractivity contribution >= 4 is 11.9 Å². The molecule has 0 saturated heterocycles. The zero-order valence-electron chi connectivity index (χ0n) is 8.73. The van der Waals surface area contributed by atoms with Gasteiger partial charge in [0.2, 0.25) is 5.91 Å². The third-order valence-corrected chi connectivity index (χ3v) is 1.60. The Morgan fingerprint density at radius 1 is 1.53 bits per heavy atom. The number of esters is 1. The van der Waals surface area contributed by atoms with Crippen LogP contribution in [0.4, 0.5) is 0 Å². The molecule has 0 aromatic heterocycles. The van der Waals surface area contributed by atoms with E-state index in [2.05, 4.69) is 6.58 Å². The minimum absolute atomic E-state index is 0.220. The fourth-order valence-corrected chi connectivity index (χ4v) is 0.705. The first kappa shape index (κ1) is 13.4. The number of carbonyl (C=O) groups is 2. The van der Waals surface area contributed by atoms with Crippen LogP contribution >= 0.6 is 0 Å². The highest BCUT2D eigenvalue weighted by molar-refractivity contribution is 5.89. The second-order valence-electron chi connectivity index (χ2n) is 2.96. The molecule has 0 saturated carbocycles. The van der Waals surface area contributed by atoms with Crippen molar-refractivity contribution in [2.24, 2.45) is 11.5 Å². The highest BCUT2D eigenvalue weighted by Gasteiger charge is 2.10. The van der Waals surface area contributed by atoms with Crippen LogP contribution in [0.15, 0.2) is 24.3 Å². The number of nitrogens with two attached hydrogens (primary N) is 2. The topological polar surface area (TPSA) is 95.4 Å². The van der Waals surface area contributed by atoms with Crippen molar-refractivity contribution in [2.75, 3.05) is 0 Å². The van der Waals surface area contributed by atoms with Crippen LogP contribution in [0.1, 0.15) is 19.8 Å². The summed E-state index contributed by atoms with van der Waals surface area (Å²) in [5.74, 6) is -1.13. The average Bonchev–Trinajstić information content (AvgIpc) is 2.16.